The molecule has 0 radical (unpaired) electrons. The molecule has 1 heterocycles. The molecule has 6 heteroatoms. The predicted molar refractivity (Wildman–Crippen MR) is 83.2 cm³/mol. The summed E-state index contributed by atoms with van der Waals surface area (Å²) in [5.74, 6) is 0.366. The molecule has 3 N–H and O–H groups in total. The highest BCUT2D eigenvalue weighted by atomic mass is 32.2. The molecule has 0 aliphatic heterocycles. The van der Waals surface area contributed by atoms with Crippen molar-refractivity contribution in [1.29, 1.82) is 0 Å². The molecule has 0 spiro atoms. The van der Waals surface area contributed by atoms with E-state index in [4.69, 9.17) is 5.73 Å². The van der Waals surface area contributed by atoms with Crippen LogP contribution < -0.4 is 10.5 Å². The van der Waals surface area contributed by atoms with Gasteiger partial charge in [0, 0.05) is 18.0 Å². The van der Waals surface area contributed by atoms with Gasteiger partial charge in [-0.15, -0.1) is 11.3 Å². The zero-order chi connectivity index (χ0) is 15.3. The van der Waals surface area contributed by atoms with Crippen molar-refractivity contribution < 1.29 is 8.42 Å². The molecule has 20 heavy (non-hydrogen) atoms. The van der Waals surface area contributed by atoms with Gasteiger partial charge in [-0.1, -0.05) is 27.7 Å². The molecule has 1 aliphatic rings. The third kappa shape index (κ3) is 2.32. The number of aryl methyl sites for hydroxylation is 1. The lowest BCUT2D eigenvalue weighted by Gasteiger charge is -2.09. The summed E-state index contributed by atoms with van der Waals surface area (Å²) in [6.07, 6.45) is 0. The molecule has 1 aromatic rings. The third-order valence-electron chi connectivity index (χ3n) is 5.24. The Morgan fingerprint density at radius 1 is 1.30 bits per heavy atom. The second-order valence-corrected chi connectivity index (χ2v) is 9.39. The minimum atomic E-state index is -3.47. The normalized spacial score (nSPS) is 21.1. The number of rotatable bonds is 5. The molecular weight excluding hydrogens is 292 g/mol. The van der Waals surface area contributed by atoms with Crippen LogP contribution >= 0.6 is 11.3 Å². The van der Waals surface area contributed by atoms with E-state index in [1.807, 2.05) is 12.3 Å². The molecule has 1 fully saturated rings. The van der Waals surface area contributed by atoms with Crippen molar-refractivity contribution in [3.8, 4) is 0 Å². The number of nitrogens with two attached hydrogens (primary N) is 1. The summed E-state index contributed by atoms with van der Waals surface area (Å²) in [6, 6.07) is 0. The van der Waals surface area contributed by atoms with Crippen LogP contribution in [0.3, 0.4) is 0 Å². The molecule has 0 saturated heterocycles. The van der Waals surface area contributed by atoms with Gasteiger partial charge in [-0.2, -0.15) is 0 Å². The maximum Gasteiger partial charge on any atom is 0.241 e. The number of hydrogen-bond acceptors (Lipinski definition) is 4. The van der Waals surface area contributed by atoms with Crippen LogP contribution in [0.15, 0.2) is 10.3 Å². The highest BCUT2D eigenvalue weighted by Gasteiger charge is 2.64. The van der Waals surface area contributed by atoms with E-state index in [1.54, 1.807) is 0 Å². The summed E-state index contributed by atoms with van der Waals surface area (Å²) >= 11 is 1.41. The molecule has 114 valence electrons. The van der Waals surface area contributed by atoms with E-state index in [-0.39, 0.29) is 17.4 Å². The van der Waals surface area contributed by atoms with Gasteiger partial charge in [0.2, 0.25) is 10.0 Å². The van der Waals surface area contributed by atoms with Gasteiger partial charge < -0.3 is 5.73 Å². The molecule has 1 saturated carbocycles. The van der Waals surface area contributed by atoms with Crippen LogP contribution in [-0.4, -0.2) is 15.0 Å². The van der Waals surface area contributed by atoms with E-state index in [9.17, 15) is 8.42 Å². The second-order valence-electron chi connectivity index (χ2n) is 6.72. The summed E-state index contributed by atoms with van der Waals surface area (Å²) in [5, 5.41) is 1.85. The van der Waals surface area contributed by atoms with Gasteiger partial charge in [-0.05, 0) is 34.6 Å². The third-order valence-corrected chi connectivity index (χ3v) is 8.15. The van der Waals surface area contributed by atoms with Gasteiger partial charge in [0.25, 0.3) is 0 Å². The van der Waals surface area contributed by atoms with Crippen LogP contribution in [-0.2, 0) is 16.6 Å². The Morgan fingerprint density at radius 3 is 2.30 bits per heavy atom. The largest absolute Gasteiger partial charge is 0.326 e. The Bertz CT molecular complexity index is 601. The first-order valence-corrected chi connectivity index (χ1v) is 9.18. The van der Waals surface area contributed by atoms with Gasteiger partial charge in [-0.3, -0.25) is 0 Å². The van der Waals surface area contributed by atoms with Crippen LogP contribution in [0.25, 0.3) is 0 Å². The van der Waals surface area contributed by atoms with Crippen LogP contribution in [0.4, 0.5) is 0 Å². The fourth-order valence-corrected chi connectivity index (χ4v) is 5.84. The summed E-state index contributed by atoms with van der Waals surface area (Å²) in [4.78, 5) is 1.10. The molecule has 1 aromatic heterocycles. The van der Waals surface area contributed by atoms with Gasteiger partial charge in [0.1, 0.15) is 4.90 Å². The van der Waals surface area contributed by atoms with Crippen molar-refractivity contribution in [2.24, 2.45) is 22.5 Å². The standard InChI is InChI=1S/C14H24N2O2S2/c1-9-8-19-10(6-15)12(9)20(17,18)16-7-11-13(2,3)14(11,4)5/h8,11,16H,6-7,15H2,1-5H3. The van der Waals surface area contributed by atoms with Gasteiger partial charge in [0.05, 0.1) is 0 Å². The number of nitrogens with one attached hydrogen (secondary N) is 1. The van der Waals surface area contributed by atoms with E-state index in [0.717, 1.165) is 10.4 Å². The molecule has 0 bridgehead atoms. The number of hydrogen-bond donors (Lipinski definition) is 2. The highest BCUT2D eigenvalue weighted by Crippen LogP contribution is 2.68. The lowest BCUT2D eigenvalue weighted by Crippen LogP contribution is -2.28. The monoisotopic (exact) mass is 316 g/mol. The zero-order valence-corrected chi connectivity index (χ0v) is 14.4. The smallest absolute Gasteiger partial charge is 0.241 e. The fourth-order valence-electron chi connectivity index (χ4n) is 3.10. The van der Waals surface area contributed by atoms with E-state index in [0.29, 0.717) is 17.4 Å². The minimum Gasteiger partial charge on any atom is -0.326 e. The molecule has 0 aromatic carbocycles. The lowest BCUT2D eigenvalue weighted by atomic mass is 10.0. The molecule has 4 nitrogen and oxygen atoms in total. The quantitative estimate of drug-likeness (QED) is 0.876. The first-order chi connectivity index (χ1) is 9.05. The second kappa shape index (κ2) is 4.80. The Hall–Kier alpha value is -0.430. The maximum absolute atomic E-state index is 12.5. The topological polar surface area (TPSA) is 72.2 Å². The van der Waals surface area contributed by atoms with Crippen molar-refractivity contribution in [2.75, 3.05) is 6.54 Å². The molecule has 0 unspecified atom stereocenters. The molecule has 1 aliphatic carbocycles. The zero-order valence-electron chi connectivity index (χ0n) is 12.8. The van der Waals surface area contributed by atoms with Crippen molar-refractivity contribution >= 4 is 21.4 Å². The van der Waals surface area contributed by atoms with Crippen LogP contribution in [0.2, 0.25) is 0 Å². The van der Waals surface area contributed by atoms with E-state index >= 15 is 0 Å². The highest BCUT2D eigenvalue weighted by molar-refractivity contribution is 7.89. The number of sulfonamides is 1. The van der Waals surface area contributed by atoms with Crippen LogP contribution in [0.1, 0.15) is 38.1 Å². The SMILES string of the molecule is Cc1csc(CN)c1S(=O)(=O)NCC1C(C)(C)C1(C)C. The fraction of sp³-hybridized carbons (Fsp3) is 0.714. The summed E-state index contributed by atoms with van der Waals surface area (Å²) in [6.45, 7) is 11.3. The van der Waals surface area contributed by atoms with Crippen molar-refractivity contribution in [1.82, 2.24) is 4.72 Å². The van der Waals surface area contributed by atoms with Gasteiger partial charge in [-0.25, -0.2) is 13.1 Å². The van der Waals surface area contributed by atoms with Crippen LogP contribution in [0.5, 0.6) is 0 Å². The first kappa shape index (κ1) is 15.9. The molecule has 0 atom stereocenters. The Labute approximate surface area is 125 Å². The van der Waals surface area contributed by atoms with E-state index in [1.165, 1.54) is 11.3 Å². The summed E-state index contributed by atoms with van der Waals surface area (Å²) < 4.78 is 27.7. The Kier molecular flexibility index (Phi) is 3.83. The molecule has 2 rings (SSSR count). The van der Waals surface area contributed by atoms with E-state index < -0.39 is 10.0 Å². The average molecular weight is 316 g/mol. The first-order valence-electron chi connectivity index (χ1n) is 6.82. The lowest BCUT2D eigenvalue weighted by molar-refractivity contribution is 0.457. The van der Waals surface area contributed by atoms with Crippen LogP contribution in [0, 0.1) is 23.7 Å². The maximum atomic E-state index is 12.5. The van der Waals surface area contributed by atoms with E-state index in [2.05, 4.69) is 32.4 Å². The summed E-state index contributed by atoms with van der Waals surface area (Å²) in [5.41, 5.74) is 6.76. The van der Waals surface area contributed by atoms with Crippen molar-refractivity contribution in [3.05, 3.63) is 15.8 Å². The minimum absolute atomic E-state index is 0.176. The van der Waals surface area contributed by atoms with Crippen molar-refractivity contribution in [3.63, 3.8) is 0 Å². The Balaban J connectivity index is 2.16. The summed E-state index contributed by atoms with van der Waals surface area (Å²) in [7, 11) is -3.47. The van der Waals surface area contributed by atoms with Gasteiger partial charge in [0.15, 0.2) is 0 Å². The number of thiophene rings is 1. The van der Waals surface area contributed by atoms with Crippen molar-refractivity contribution in [2.45, 2.75) is 46.1 Å². The average Bonchev–Trinajstić information content (AvgIpc) is 2.63. The van der Waals surface area contributed by atoms with Gasteiger partial charge >= 0.3 is 0 Å². The molecule has 0 amide bonds. The Morgan fingerprint density at radius 2 is 1.85 bits per heavy atom. The molecular formula is C14H24N2O2S2. The predicted octanol–water partition coefficient (Wildman–Crippen LogP) is 2.48.